The van der Waals surface area contributed by atoms with Gasteiger partial charge in [-0.25, -0.2) is 0 Å². The van der Waals surface area contributed by atoms with E-state index < -0.39 is 0 Å². The standard InChI is InChI=1S/C26H28O2/c1-19(2)14-26(20(3)27)24-15-23(22-12-8-5-9-13-22)16-25(17-24)28-18-21-10-6-4-7-11-21/h4-13,15-17,19,26H,14,18H2,1-3H3. The number of ketones is 1. The van der Waals surface area contributed by atoms with Gasteiger partial charge in [0.25, 0.3) is 0 Å². The minimum absolute atomic E-state index is 0.109. The highest BCUT2D eigenvalue weighted by Gasteiger charge is 2.20. The van der Waals surface area contributed by atoms with Crippen LogP contribution in [0.2, 0.25) is 0 Å². The summed E-state index contributed by atoms with van der Waals surface area (Å²) in [4.78, 5) is 12.4. The summed E-state index contributed by atoms with van der Waals surface area (Å²) >= 11 is 0. The van der Waals surface area contributed by atoms with Crippen molar-refractivity contribution in [3.05, 3.63) is 90.0 Å². The van der Waals surface area contributed by atoms with E-state index in [1.807, 2.05) is 42.5 Å². The molecule has 1 atom stereocenters. The maximum absolute atomic E-state index is 12.4. The third-order valence-electron chi connectivity index (χ3n) is 4.88. The van der Waals surface area contributed by atoms with Gasteiger partial charge in [-0.3, -0.25) is 4.79 Å². The molecule has 0 saturated carbocycles. The first-order valence-electron chi connectivity index (χ1n) is 9.90. The Labute approximate surface area is 168 Å². The van der Waals surface area contributed by atoms with E-state index in [1.165, 1.54) is 0 Å². The van der Waals surface area contributed by atoms with E-state index in [4.69, 9.17) is 4.74 Å². The second-order valence-corrected chi connectivity index (χ2v) is 7.72. The predicted octanol–water partition coefficient (Wildman–Crippen LogP) is 6.65. The third kappa shape index (κ3) is 5.32. The first kappa shape index (κ1) is 19.9. The van der Waals surface area contributed by atoms with E-state index in [0.717, 1.165) is 34.4 Å². The molecule has 0 aliphatic carbocycles. The van der Waals surface area contributed by atoms with Crippen LogP contribution in [0.25, 0.3) is 11.1 Å². The molecule has 1 unspecified atom stereocenters. The molecule has 0 amide bonds. The normalized spacial score (nSPS) is 12.0. The second kappa shape index (κ2) is 9.36. The Morgan fingerprint density at radius 1 is 0.857 bits per heavy atom. The van der Waals surface area contributed by atoms with Gasteiger partial charge in [-0.2, -0.15) is 0 Å². The van der Waals surface area contributed by atoms with Crippen molar-refractivity contribution in [2.24, 2.45) is 5.92 Å². The monoisotopic (exact) mass is 372 g/mol. The van der Waals surface area contributed by atoms with Crippen molar-refractivity contribution in [3.63, 3.8) is 0 Å². The van der Waals surface area contributed by atoms with Gasteiger partial charge in [0.15, 0.2) is 0 Å². The highest BCUT2D eigenvalue weighted by Crippen LogP contribution is 2.33. The lowest BCUT2D eigenvalue weighted by Gasteiger charge is -2.19. The molecule has 3 aromatic rings. The van der Waals surface area contributed by atoms with Crippen molar-refractivity contribution in [1.29, 1.82) is 0 Å². The van der Waals surface area contributed by atoms with Gasteiger partial charge >= 0.3 is 0 Å². The van der Waals surface area contributed by atoms with Crippen molar-refractivity contribution >= 4 is 5.78 Å². The van der Waals surface area contributed by atoms with Gasteiger partial charge in [0.05, 0.1) is 0 Å². The Morgan fingerprint density at radius 2 is 1.50 bits per heavy atom. The predicted molar refractivity (Wildman–Crippen MR) is 116 cm³/mol. The highest BCUT2D eigenvalue weighted by molar-refractivity contribution is 5.84. The van der Waals surface area contributed by atoms with Gasteiger partial charge in [-0.05, 0) is 53.6 Å². The summed E-state index contributed by atoms with van der Waals surface area (Å²) in [5.74, 6) is 1.34. The van der Waals surface area contributed by atoms with Gasteiger partial charge in [-0.15, -0.1) is 0 Å². The Balaban J connectivity index is 1.97. The number of ether oxygens (including phenoxy) is 1. The molecule has 0 N–H and O–H groups in total. The summed E-state index contributed by atoms with van der Waals surface area (Å²) in [5.41, 5.74) is 4.36. The third-order valence-corrected chi connectivity index (χ3v) is 4.88. The largest absolute Gasteiger partial charge is 0.489 e. The van der Waals surface area contributed by atoms with Crippen molar-refractivity contribution in [2.45, 2.75) is 39.7 Å². The smallest absolute Gasteiger partial charge is 0.137 e. The summed E-state index contributed by atoms with van der Waals surface area (Å²) in [6.07, 6.45) is 0.839. The molecule has 0 aliphatic rings. The lowest BCUT2D eigenvalue weighted by molar-refractivity contribution is -0.118. The van der Waals surface area contributed by atoms with Crippen LogP contribution in [0.4, 0.5) is 0 Å². The van der Waals surface area contributed by atoms with Crippen LogP contribution in [0.1, 0.15) is 44.2 Å². The molecule has 2 nitrogen and oxygen atoms in total. The molecular weight excluding hydrogens is 344 g/mol. The quantitative estimate of drug-likeness (QED) is 0.442. The number of Topliss-reactive ketones (excluding diaryl/α,β-unsaturated/α-hetero) is 1. The van der Waals surface area contributed by atoms with Crippen molar-refractivity contribution in [3.8, 4) is 16.9 Å². The highest BCUT2D eigenvalue weighted by atomic mass is 16.5. The molecule has 0 heterocycles. The minimum Gasteiger partial charge on any atom is -0.489 e. The molecule has 2 heteroatoms. The molecule has 0 aromatic heterocycles. The van der Waals surface area contributed by atoms with Crippen LogP contribution in [0, 0.1) is 5.92 Å². The molecule has 0 fully saturated rings. The molecule has 0 saturated heterocycles. The van der Waals surface area contributed by atoms with E-state index in [2.05, 4.69) is 50.2 Å². The molecule has 0 aliphatic heterocycles. The van der Waals surface area contributed by atoms with Gasteiger partial charge < -0.3 is 4.74 Å². The molecular formula is C26H28O2. The molecule has 0 radical (unpaired) electrons. The molecule has 3 rings (SSSR count). The number of carbonyl (C=O) groups excluding carboxylic acids is 1. The number of hydrogen-bond acceptors (Lipinski definition) is 2. The van der Waals surface area contributed by atoms with E-state index >= 15 is 0 Å². The molecule has 0 spiro atoms. The van der Waals surface area contributed by atoms with Crippen LogP contribution in [0.15, 0.2) is 78.9 Å². The summed E-state index contributed by atoms with van der Waals surface area (Å²) < 4.78 is 6.12. The lowest BCUT2D eigenvalue weighted by atomic mass is 9.86. The summed E-state index contributed by atoms with van der Waals surface area (Å²) in [5, 5.41) is 0. The minimum atomic E-state index is -0.109. The van der Waals surface area contributed by atoms with Crippen LogP contribution >= 0.6 is 0 Å². The zero-order valence-corrected chi connectivity index (χ0v) is 16.9. The first-order chi connectivity index (χ1) is 13.5. The topological polar surface area (TPSA) is 26.3 Å². The van der Waals surface area contributed by atoms with E-state index in [9.17, 15) is 4.79 Å². The fourth-order valence-electron chi connectivity index (χ4n) is 3.45. The number of benzene rings is 3. The van der Waals surface area contributed by atoms with Crippen LogP contribution < -0.4 is 4.74 Å². The number of carbonyl (C=O) groups is 1. The van der Waals surface area contributed by atoms with E-state index in [1.54, 1.807) is 6.92 Å². The Kier molecular flexibility index (Phi) is 6.65. The van der Waals surface area contributed by atoms with Crippen LogP contribution in [-0.2, 0) is 11.4 Å². The zero-order valence-electron chi connectivity index (χ0n) is 16.9. The maximum Gasteiger partial charge on any atom is 0.137 e. The van der Waals surface area contributed by atoms with Crippen LogP contribution in [0.3, 0.4) is 0 Å². The SMILES string of the molecule is CC(=O)C(CC(C)C)c1cc(OCc2ccccc2)cc(-c2ccccc2)c1. The molecule has 28 heavy (non-hydrogen) atoms. The maximum atomic E-state index is 12.4. The van der Waals surface area contributed by atoms with Gasteiger partial charge in [0.1, 0.15) is 18.1 Å². The summed E-state index contributed by atoms with van der Waals surface area (Å²) in [6, 6.07) is 26.6. The first-order valence-corrected chi connectivity index (χ1v) is 9.90. The molecule has 3 aromatic carbocycles. The molecule has 144 valence electrons. The number of hydrogen-bond donors (Lipinski definition) is 0. The van der Waals surface area contributed by atoms with E-state index in [-0.39, 0.29) is 11.7 Å². The molecule has 0 bridgehead atoms. The fourth-order valence-corrected chi connectivity index (χ4v) is 3.45. The van der Waals surface area contributed by atoms with E-state index in [0.29, 0.717) is 12.5 Å². The van der Waals surface area contributed by atoms with Gasteiger partial charge in [0.2, 0.25) is 0 Å². The van der Waals surface area contributed by atoms with Crippen molar-refractivity contribution in [1.82, 2.24) is 0 Å². The second-order valence-electron chi connectivity index (χ2n) is 7.72. The van der Waals surface area contributed by atoms with Crippen molar-refractivity contribution < 1.29 is 9.53 Å². The fraction of sp³-hybridized carbons (Fsp3) is 0.269. The average Bonchev–Trinajstić information content (AvgIpc) is 2.71. The van der Waals surface area contributed by atoms with Crippen molar-refractivity contribution in [2.75, 3.05) is 0 Å². The average molecular weight is 373 g/mol. The Morgan fingerprint density at radius 3 is 2.11 bits per heavy atom. The zero-order chi connectivity index (χ0) is 19.9. The van der Waals surface area contributed by atoms with Gasteiger partial charge in [0, 0.05) is 5.92 Å². The van der Waals surface area contributed by atoms with Gasteiger partial charge in [-0.1, -0.05) is 80.6 Å². The lowest BCUT2D eigenvalue weighted by Crippen LogP contribution is -2.12. The van der Waals surface area contributed by atoms with Crippen LogP contribution in [0.5, 0.6) is 5.75 Å². The number of rotatable bonds is 8. The Hall–Kier alpha value is -2.87. The summed E-state index contributed by atoms with van der Waals surface area (Å²) in [7, 11) is 0. The summed E-state index contributed by atoms with van der Waals surface area (Å²) in [6.45, 7) is 6.51. The van der Waals surface area contributed by atoms with Crippen LogP contribution in [-0.4, -0.2) is 5.78 Å². The Bertz CT molecular complexity index is 898.